The molecule has 0 bridgehead atoms. The van der Waals surface area contributed by atoms with Crippen molar-refractivity contribution in [2.24, 2.45) is 11.7 Å². The zero-order valence-corrected chi connectivity index (χ0v) is 70.9. The number of methoxy groups -OCH3 is 1. The number of piperidine rings is 7. The number of nitrogens with one attached hydrogen (secondary N) is 4. The average Bonchev–Trinajstić information content (AvgIpc) is 1.53. The van der Waals surface area contributed by atoms with E-state index in [2.05, 4.69) is 36.1 Å². The topological polar surface area (TPSA) is 435 Å². The minimum Gasteiger partial charge on any atom is -0.468 e. The minimum atomic E-state index is -0.453. The van der Waals surface area contributed by atoms with Crippen LogP contribution in [0.15, 0.2) is 164 Å². The number of halogens is 2. The molecule has 0 saturated carbocycles. The Bertz CT molecular complexity index is 5730. The number of imidazole rings is 3. The number of rotatable bonds is 17. The van der Waals surface area contributed by atoms with E-state index in [4.69, 9.17) is 28.9 Å². The standard InChI is InChI=1S/C16H19N3O4.C14H15N3O3.C13H13Cl2N3O2.C13H16N2O2.C13H14N2O.C12H14N4O2.C7H12N2O2/c1-23-15(21)10-18-13-4-2-3-5-14(13)19(16(18)22)12-6-8-17(11-20)9-7-12;18-9-16-7-5-10(6-8-16)17-13(19)11-3-1-2-4-12(11)15-14(17)20;14-9-5-11-12(6-10(9)15)18(13(20)16-11)8-1-3-17(7-19)4-2-8;16-10-15-8-6-12(7-9-15)14-13(17)11-4-2-1-3-5-11;14-10-13(12-4-2-1-3-5-12)6-8-15(11-16)9-7-13;17-8-15-6-3-9(4-7-15)16-11-10(14-12(16)18)2-1-5-13-11;8-7(11)6-1-3-9(5-10)4-2-6/h2-5,11-12H,6-10H2,1H3;1-4,9-10H,5-8H2,(H,15,20);5-8H,1-4H2,(H,16,20);1-5,10,12H,6-9H2,(H,14,17);1-5,11H,6-9H2;1-2,5,8-9H,3-4,6-7H2,(H,14,18);5-6H,1-4H2,(H2,8,11). The van der Waals surface area contributed by atoms with Crippen LogP contribution in [-0.2, 0) is 59.8 Å². The number of nitrogens with two attached hydrogens (primary N) is 1. The lowest BCUT2D eigenvalue weighted by Crippen LogP contribution is -2.44. The maximum absolute atomic E-state index is 12.8. The van der Waals surface area contributed by atoms with Crippen LogP contribution in [0.1, 0.15) is 130 Å². The number of aromatic amines is 3. The van der Waals surface area contributed by atoms with E-state index in [0.717, 1.165) is 150 Å². The van der Waals surface area contributed by atoms with Gasteiger partial charge in [0.2, 0.25) is 50.8 Å². The van der Waals surface area contributed by atoms with Gasteiger partial charge in [-0.2, -0.15) is 5.26 Å². The molecule has 9 amide bonds. The smallest absolute Gasteiger partial charge is 0.329 e. The van der Waals surface area contributed by atoms with Gasteiger partial charge in [-0.25, -0.2) is 24.2 Å². The highest BCUT2D eigenvalue weighted by Crippen LogP contribution is 2.36. The van der Waals surface area contributed by atoms with E-state index in [1.165, 1.54) is 16.2 Å². The van der Waals surface area contributed by atoms with E-state index in [0.29, 0.717) is 142 Å². The van der Waals surface area contributed by atoms with Crippen LogP contribution >= 0.6 is 23.2 Å². The number of carbonyl (C=O) groups excluding carboxylic acids is 10. The Balaban J connectivity index is 0.000000143. The van der Waals surface area contributed by atoms with Crippen molar-refractivity contribution in [1.82, 2.24) is 82.4 Å². The molecule has 0 spiro atoms. The Kier molecular flexibility index (Phi) is 33.1. The molecule has 125 heavy (non-hydrogen) atoms. The summed E-state index contributed by atoms with van der Waals surface area (Å²) in [5.74, 6) is -0.748. The molecule has 17 rings (SSSR count). The molecule has 37 heteroatoms. The second kappa shape index (κ2) is 44.7. The van der Waals surface area contributed by atoms with E-state index in [1.807, 2.05) is 78.9 Å². The van der Waals surface area contributed by atoms with Crippen LogP contribution in [0.2, 0.25) is 10.0 Å². The van der Waals surface area contributed by atoms with Crippen molar-refractivity contribution in [2.45, 2.75) is 132 Å². The van der Waals surface area contributed by atoms with Crippen LogP contribution in [0.5, 0.6) is 0 Å². The summed E-state index contributed by atoms with van der Waals surface area (Å²) in [7, 11) is 1.31. The summed E-state index contributed by atoms with van der Waals surface area (Å²) in [5.41, 5.74) is 10.3. The highest BCUT2D eigenvalue weighted by atomic mass is 35.5. The molecule has 0 aliphatic carbocycles. The molecule has 10 aromatic rings. The average molecular weight is 1750 g/mol. The summed E-state index contributed by atoms with van der Waals surface area (Å²) in [6.45, 7) is 9.16. The molecule has 7 aliphatic heterocycles. The van der Waals surface area contributed by atoms with E-state index in [-0.39, 0.29) is 82.8 Å². The second-order valence-corrected chi connectivity index (χ2v) is 32.3. The van der Waals surface area contributed by atoms with Crippen LogP contribution in [0.25, 0.3) is 44.1 Å². The molecule has 6 N–H and O–H groups in total. The number of ether oxygens (including phenoxy) is 1. The van der Waals surface area contributed by atoms with Crippen molar-refractivity contribution in [1.29, 1.82) is 5.26 Å². The first-order valence-electron chi connectivity index (χ1n) is 41.7. The number of benzene rings is 5. The van der Waals surface area contributed by atoms with Crippen LogP contribution in [0.3, 0.4) is 0 Å². The van der Waals surface area contributed by atoms with Gasteiger partial charge in [0.1, 0.15) is 6.54 Å². The van der Waals surface area contributed by atoms with Gasteiger partial charge < -0.3 is 65.0 Å². The van der Waals surface area contributed by atoms with Gasteiger partial charge in [-0.15, -0.1) is 0 Å². The van der Waals surface area contributed by atoms with Gasteiger partial charge in [0, 0.05) is 140 Å². The summed E-state index contributed by atoms with van der Waals surface area (Å²) in [5, 5.41) is 13.8. The third-order valence-corrected chi connectivity index (χ3v) is 24.7. The predicted molar refractivity (Wildman–Crippen MR) is 468 cm³/mol. The van der Waals surface area contributed by atoms with E-state index < -0.39 is 11.4 Å². The highest BCUT2D eigenvalue weighted by molar-refractivity contribution is 6.42. The maximum atomic E-state index is 12.8. The van der Waals surface area contributed by atoms with Crippen LogP contribution < -0.4 is 39.4 Å². The van der Waals surface area contributed by atoms with E-state index in [9.17, 15) is 77.2 Å². The van der Waals surface area contributed by atoms with Gasteiger partial charge in [-0.05, 0) is 156 Å². The number of pyridine rings is 1. The number of H-pyrrole nitrogens is 3. The number of esters is 1. The number of nitrogens with zero attached hydrogens (tertiary/aromatic N) is 14. The summed E-state index contributed by atoms with van der Waals surface area (Å²) in [6.07, 6.45) is 18.0. The summed E-state index contributed by atoms with van der Waals surface area (Å²) in [6, 6.07) is 43.2. The first-order valence-corrected chi connectivity index (χ1v) is 42.5. The summed E-state index contributed by atoms with van der Waals surface area (Å²) >= 11 is 12.0. The minimum absolute atomic E-state index is 0.0220. The molecule has 0 unspecified atom stereocenters. The first kappa shape index (κ1) is 92.5. The van der Waals surface area contributed by atoms with Gasteiger partial charge >= 0.3 is 28.7 Å². The van der Waals surface area contributed by atoms with Crippen molar-refractivity contribution in [2.75, 3.05) is 98.7 Å². The predicted octanol–water partition coefficient (Wildman–Crippen LogP) is 6.28. The second-order valence-electron chi connectivity index (χ2n) is 31.5. The van der Waals surface area contributed by atoms with Gasteiger partial charge in [-0.1, -0.05) is 96.0 Å². The summed E-state index contributed by atoms with van der Waals surface area (Å²) < 4.78 is 12.6. The lowest BCUT2D eigenvalue weighted by atomic mass is 9.74. The fourth-order valence-corrected chi connectivity index (χ4v) is 17.1. The van der Waals surface area contributed by atoms with Crippen molar-refractivity contribution in [3.8, 4) is 6.07 Å². The normalized spacial score (nSPS) is 17.1. The summed E-state index contributed by atoms with van der Waals surface area (Å²) in [4.78, 5) is 195. The Hall–Kier alpha value is -13.2. The molecule has 7 fully saturated rings. The van der Waals surface area contributed by atoms with Gasteiger partial charge in [0.15, 0.2) is 5.65 Å². The number of aromatic nitrogens is 9. The number of likely N-dealkylation sites (tertiary alicyclic amines) is 7. The number of primary amides is 1. The SMILES string of the molecule is COC(=O)Cn1c(=O)n(C2CCN(C=O)CC2)c2ccccc21.N#CC1(c2ccccc2)CCN(C=O)CC1.NC(=O)C1CCN(C=O)CC1.O=CN1CCC(NC(=O)c2ccccc2)CC1.O=CN1CCC(n2c(=O)[nH]c3cc(Cl)c(Cl)cc32)CC1.O=CN1CCC(n2c(=O)[nH]c3ccccc3c2=O)CC1.O=CN1CCC(n2c(=O)[nH]c3cccnc32)CC1. The number of fused-ring (bicyclic) bond motifs is 4. The third kappa shape index (κ3) is 23.4. The third-order valence-electron chi connectivity index (χ3n) is 24.0. The van der Waals surface area contributed by atoms with Crippen LogP contribution in [0, 0.1) is 17.2 Å². The maximum Gasteiger partial charge on any atom is 0.329 e. The molecule has 660 valence electrons. The molecule has 5 aromatic carbocycles. The number of para-hydroxylation sites is 3. The highest BCUT2D eigenvalue weighted by Gasteiger charge is 2.37. The zero-order chi connectivity index (χ0) is 89.1. The Labute approximate surface area is 728 Å². The molecule has 35 nitrogen and oxygen atoms in total. The number of nitriles is 1. The van der Waals surface area contributed by atoms with Crippen molar-refractivity contribution < 1.29 is 52.7 Å². The molecule has 7 saturated heterocycles. The number of hydrogen-bond acceptors (Lipinski definition) is 18. The lowest BCUT2D eigenvalue weighted by Gasteiger charge is -2.35. The number of carbonyl (C=O) groups is 10. The van der Waals surface area contributed by atoms with Crippen molar-refractivity contribution in [3.05, 3.63) is 213 Å². The largest absolute Gasteiger partial charge is 0.468 e. The Morgan fingerprint density at radius 3 is 1.40 bits per heavy atom. The monoisotopic (exact) mass is 1750 g/mol. The fraction of sp³-hybridized carbons (Fsp3) is 0.420. The molecular weight excluding hydrogens is 1650 g/mol. The molecule has 7 aliphatic rings. The van der Waals surface area contributed by atoms with Crippen molar-refractivity contribution >= 4 is 130 Å². The quantitative estimate of drug-likeness (QED) is 0.0494. The van der Waals surface area contributed by atoms with Crippen molar-refractivity contribution in [3.63, 3.8) is 0 Å². The molecule has 0 atom stereocenters. The van der Waals surface area contributed by atoms with Crippen LogP contribution in [0.4, 0.5) is 0 Å². The zero-order valence-electron chi connectivity index (χ0n) is 69.4. The first-order chi connectivity index (χ1) is 60.6. The van der Waals surface area contributed by atoms with Crippen LogP contribution in [-0.4, -0.2) is 245 Å². The fourth-order valence-electron chi connectivity index (χ4n) is 16.7. The molecule has 5 aromatic heterocycles. The van der Waals surface area contributed by atoms with E-state index in [1.54, 1.807) is 109 Å². The molecule has 0 radical (unpaired) electrons. The number of hydrogen-bond donors (Lipinski definition) is 5. The van der Waals surface area contributed by atoms with Gasteiger partial charge in [-0.3, -0.25) is 75.6 Å². The van der Waals surface area contributed by atoms with Gasteiger partial charge in [0.25, 0.3) is 11.5 Å². The van der Waals surface area contributed by atoms with E-state index >= 15 is 0 Å². The molecule has 12 heterocycles. The Morgan fingerprint density at radius 2 is 0.888 bits per heavy atom. The Morgan fingerprint density at radius 1 is 0.480 bits per heavy atom. The molecular formula is C88H103Cl2N19O16. The van der Waals surface area contributed by atoms with Gasteiger partial charge in [0.05, 0.1) is 67.1 Å². The lowest BCUT2D eigenvalue weighted by molar-refractivity contribution is -0.141. The number of amides is 9.